The van der Waals surface area contributed by atoms with E-state index >= 15 is 0 Å². The zero-order valence-corrected chi connectivity index (χ0v) is 19.5. The number of nitrogens with zero attached hydrogens (tertiary/aromatic N) is 3. The molecular weight excluding hydrogens is 496 g/mol. The molecule has 0 saturated carbocycles. The molecule has 2 fully saturated rings. The average Bonchev–Trinajstić information content (AvgIpc) is 3.34. The second kappa shape index (κ2) is 12.7. The molecule has 34 heavy (non-hydrogen) atoms. The summed E-state index contributed by atoms with van der Waals surface area (Å²) >= 11 is 1.79. The molecule has 3 atom stereocenters. The van der Waals surface area contributed by atoms with Crippen LogP contribution in [-0.4, -0.2) is 94.7 Å². The van der Waals surface area contributed by atoms with Gasteiger partial charge in [0.1, 0.15) is 0 Å². The van der Waals surface area contributed by atoms with Crippen molar-refractivity contribution < 1.29 is 50.9 Å². The van der Waals surface area contributed by atoms with Crippen LogP contribution in [0.25, 0.3) is 0 Å². The Kier molecular flexibility index (Phi) is 11.2. The minimum Gasteiger partial charge on any atom is -0.475 e. The molecule has 2 aliphatic heterocycles. The van der Waals surface area contributed by atoms with Crippen molar-refractivity contribution in [1.82, 2.24) is 14.8 Å². The van der Waals surface area contributed by atoms with Crippen molar-refractivity contribution in [3.05, 3.63) is 16.1 Å². The van der Waals surface area contributed by atoms with Crippen molar-refractivity contribution in [1.29, 1.82) is 0 Å². The Labute approximate surface area is 196 Å². The number of ether oxygens (including phenoxy) is 1. The van der Waals surface area contributed by atoms with Gasteiger partial charge >= 0.3 is 24.3 Å². The summed E-state index contributed by atoms with van der Waals surface area (Å²) in [6, 6.07) is 0.648. The van der Waals surface area contributed by atoms with Gasteiger partial charge in [-0.05, 0) is 19.9 Å². The summed E-state index contributed by atoms with van der Waals surface area (Å²) in [7, 11) is 1.87. The number of carbonyl (C=O) groups is 2. The molecule has 2 aliphatic rings. The predicted octanol–water partition coefficient (Wildman–Crippen LogP) is 3.26. The van der Waals surface area contributed by atoms with Gasteiger partial charge in [0.25, 0.3) is 0 Å². The number of carboxylic acids is 2. The summed E-state index contributed by atoms with van der Waals surface area (Å²) in [5.41, 5.74) is 3.17. The minimum absolute atomic E-state index is 0.440. The second-order valence-corrected chi connectivity index (χ2v) is 8.52. The zero-order valence-electron chi connectivity index (χ0n) is 18.7. The number of alkyl halides is 6. The lowest BCUT2D eigenvalue weighted by molar-refractivity contribution is -0.193. The van der Waals surface area contributed by atoms with E-state index in [1.807, 2.05) is 12.6 Å². The Balaban J connectivity index is 0.000000343. The van der Waals surface area contributed by atoms with E-state index in [0.29, 0.717) is 18.1 Å². The van der Waals surface area contributed by atoms with Gasteiger partial charge in [0.15, 0.2) is 0 Å². The number of fused-ring (bicyclic) bond motifs is 1. The molecule has 0 amide bonds. The molecule has 0 aromatic carbocycles. The predicted molar refractivity (Wildman–Crippen MR) is 109 cm³/mol. The average molecular weight is 523 g/mol. The molecule has 15 heteroatoms. The first kappa shape index (κ1) is 30.1. The summed E-state index contributed by atoms with van der Waals surface area (Å²) < 4.78 is 69.2. The fourth-order valence-electron chi connectivity index (χ4n) is 3.73. The van der Waals surface area contributed by atoms with Crippen LogP contribution in [0.3, 0.4) is 0 Å². The number of likely N-dealkylation sites (tertiary alicyclic amines) is 2. The van der Waals surface area contributed by atoms with Gasteiger partial charge in [-0.1, -0.05) is 6.92 Å². The molecule has 0 aliphatic carbocycles. The van der Waals surface area contributed by atoms with Crippen LogP contribution in [0.15, 0.2) is 5.51 Å². The van der Waals surface area contributed by atoms with Gasteiger partial charge in [0.05, 0.1) is 17.3 Å². The maximum atomic E-state index is 10.6. The van der Waals surface area contributed by atoms with Gasteiger partial charge in [-0.15, -0.1) is 11.3 Å². The number of hydrogen-bond donors (Lipinski definition) is 2. The van der Waals surface area contributed by atoms with E-state index < -0.39 is 24.3 Å². The third-order valence-electron chi connectivity index (χ3n) is 5.48. The molecule has 196 valence electrons. The lowest BCUT2D eigenvalue weighted by atomic mass is 9.89. The molecule has 3 heterocycles. The number of thiazole rings is 1. The molecule has 0 spiro atoms. The van der Waals surface area contributed by atoms with Crippen LogP contribution >= 0.6 is 11.3 Å². The van der Waals surface area contributed by atoms with E-state index in [0.717, 1.165) is 26.1 Å². The number of aryl methyl sites for hydroxylation is 1. The zero-order chi connectivity index (χ0) is 26.3. The maximum Gasteiger partial charge on any atom is 0.490 e. The highest BCUT2D eigenvalue weighted by Gasteiger charge is 2.44. The molecule has 0 radical (unpaired) electrons. The molecule has 2 saturated heterocycles. The summed E-state index contributed by atoms with van der Waals surface area (Å²) in [5, 5.41) is 14.2. The van der Waals surface area contributed by atoms with Crippen molar-refractivity contribution in [2.24, 2.45) is 5.92 Å². The van der Waals surface area contributed by atoms with Crippen LogP contribution in [0, 0.1) is 12.8 Å². The third kappa shape index (κ3) is 9.00. The SMILES string of the molecule is CCN1C[C@@H]2[C@@H](OC)CCN(Cc3scnc3C)[C@@H]2C1.O=C(O)C(F)(F)F.O=C(O)C(F)(F)F. The van der Waals surface area contributed by atoms with Crippen molar-refractivity contribution >= 4 is 23.3 Å². The number of hydrogen-bond acceptors (Lipinski definition) is 7. The van der Waals surface area contributed by atoms with Crippen LogP contribution < -0.4 is 0 Å². The van der Waals surface area contributed by atoms with Gasteiger partial charge in [-0.2, -0.15) is 26.3 Å². The normalized spacial score (nSPS) is 23.3. The molecule has 8 nitrogen and oxygen atoms in total. The van der Waals surface area contributed by atoms with Crippen LogP contribution in [0.4, 0.5) is 26.3 Å². The Morgan fingerprint density at radius 3 is 2.06 bits per heavy atom. The van der Waals surface area contributed by atoms with E-state index in [-0.39, 0.29) is 0 Å². The number of methoxy groups -OCH3 is 1. The molecule has 2 N–H and O–H groups in total. The third-order valence-corrected chi connectivity index (χ3v) is 6.40. The lowest BCUT2D eigenvalue weighted by Gasteiger charge is -2.41. The number of aromatic nitrogens is 1. The Bertz CT molecular complexity index is 780. The number of likely N-dealkylation sites (N-methyl/N-ethyl adjacent to an activating group) is 1. The molecular formula is C19H27F6N3O5S. The molecule has 1 aromatic heterocycles. The van der Waals surface area contributed by atoms with Crippen LogP contribution in [0.5, 0.6) is 0 Å². The largest absolute Gasteiger partial charge is 0.490 e. The lowest BCUT2D eigenvalue weighted by Crippen LogP contribution is -2.50. The van der Waals surface area contributed by atoms with Gasteiger partial charge in [-0.25, -0.2) is 14.6 Å². The monoisotopic (exact) mass is 523 g/mol. The Morgan fingerprint density at radius 1 is 1.15 bits per heavy atom. The number of rotatable bonds is 4. The summed E-state index contributed by atoms with van der Waals surface area (Å²) in [5.74, 6) is -4.85. The second-order valence-electron chi connectivity index (χ2n) is 7.58. The molecule has 0 unspecified atom stereocenters. The van der Waals surface area contributed by atoms with Crippen LogP contribution in [-0.2, 0) is 20.9 Å². The van der Waals surface area contributed by atoms with Crippen molar-refractivity contribution in [3.8, 4) is 0 Å². The van der Waals surface area contributed by atoms with Crippen LogP contribution in [0.2, 0.25) is 0 Å². The number of piperidine rings is 1. The highest BCUT2D eigenvalue weighted by atomic mass is 32.1. The van der Waals surface area contributed by atoms with Gasteiger partial charge in [0, 0.05) is 50.1 Å². The number of aliphatic carboxylic acids is 2. The summed E-state index contributed by atoms with van der Waals surface area (Å²) in [6.45, 7) is 10.1. The molecule has 3 rings (SSSR count). The van der Waals surface area contributed by atoms with E-state index in [2.05, 4.69) is 28.6 Å². The van der Waals surface area contributed by atoms with Crippen LogP contribution in [0.1, 0.15) is 23.9 Å². The number of carboxylic acid groups (broad SMARTS) is 2. The first-order chi connectivity index (χ1) is 15.6. The van der Waals surface area contributed by atoms with Crippen molar-refractivity contribution in [2.45, 2.75) is 51.3 Å². The quantitative estimate of drug-likeness (QED) is 0.580. The minimum atomic E-state index is -5.08. The van der Waals surface area contributed by atoms with E-state index in [9.17, 15) is 26.3 Å². The first-order valence-electron chi connectivity index (χ1n) is 10.1. The molecule has 0 bridgehead atoms. The fourth-order valence-corrected chi connectivity index (χ4v) is 4.53. The van der Waals surface area contributed by atoms with E-state index in [1.165, 1.54) is 23.7 Å². The smallest absolute Gasteiger partial charge is 0.475 e. The topological polar surface area (TPSA) is 103 Å². The van der Waals surface area contributed by atoms with E-state index in [4.69, 9.17) is 24.5 Å². The summed E-state index contributed by atoms with van der Waals surface area (Å²) in [6.07, 6.45) is -8.57. The first-order valence-corrected chi connectivity index (χ1v) is 11.0. The fraction of sp³-hybridized carbons (Fsp3) is 0.737. The van der Waals surface area contributed by atoms with Crippen molar-refractivity contribution in [2.75, 3.05) is 33.3 Å². The maximum absolute atomic E-state index is 10.6. The van der Waals surface area contributed by atoms with E-state index in [1.54, 1.807) is 11.3 Å². The van der Waals surface area contributed by atoms with Crippen molar-refractivity contribution in [3.63, 3.8) is 0 Å². The highest BCUT2D eigenvalue weighted by Crippen LogP contribution is 2.34. The Hall–Kier alpha value is -1.97. The highest BCUT2D eigenvalue weighted by molar-refractivity contribution is 7.09. The molecule has 1 aromatic rings. The standard InChI is InChI=1S/C15H25N3OS.2C2HF3O2/c1-4-17-7-12-13(8-17)18(6-5-14(12)19-3)9-15-11(2)16-10-20-15;2*3-2(4,5)1(6)7/h10,12-14H,4-9H2,1-3H3;2*(H,6,7)/t12-,13+,14-;;/m0../s1. The van der Waals surface area contributed by atoms with Gasteiger partial charge < -0.3 is 19.8 Å². The van der Waals surface area contributed by atoms with Gasteiger partial charge in [-0.3, -0.25) is 4.90 Å². The number of halogens is 6. The Morgan fingerprint density at radius 2 is 1.68 bits per heavy atom. The summed E-state index contributed by atoms with van der Waals surface area (Å²) in [4.78, 5) is 28.8. The van der Waals surface area contributed by atoms with Gasteiger partial charge in [0.2, 0.25) is 0 Å².